The smallest absolute Gasteiger partial charge is 0.100 e. The number of hydrogen-bond donors (Lipinski definition) is 0. The highest BCUT2D eigenvalue weighted by Gasteiger charge is 1.87. The lowest BCUT2D eigenvalue weighted by molar-refractivity contribution is 1.63. The van der Waals surface area contributed by atoms with Crippen molar-refractivity contribution in [2.75, 3.05) is 0 Å². The van der Waals surface area contributed by atoms with Crippen LogP contribution < -0.4 is 4.67 Å². The summed E-state index contributed by atoms with van der Waals surface area (Å²) >= 11 is 0. The first-order valence-electron chi connectivity index (χ1n) is 6.25. The van der Waals surface area contributed by atoms with Crippen molar-refractivity contribution < 1.29 is 0 Å². The summed E-state index contributed by atoms with van der Waals surface area (Å²) < 4.78 is 4.22. The molecule has 0 saturated heterocycles. The average Bonchev–Trinajstić information content (AvgIpc) is 2.48. The molecule has 0 unspecified atom stereocenters. The van der Waals surface area contributed by atoms with Crippen LogP contribution in [0.5, 0.6) is 0 Å². The zero-order chi connectivity index (χ0) is 13.2. The first kappa shape index (κ1) is 12.8. The predicted octanol–water partition coefficient (Wildman–Crippen LogP) is 3.51. The maximum Gasteiger partial charge on any atom is 0.299 e. The summed E-state index contributed by atoms with van der Waals surface area (Å²) in [4.78, 5) is 0. The highest BCUT2D eigenvalue weighted by Crippen LogP contribution is 2.00. The monoisotopic (exact) mass is 246 g/mol. The van der Waals surface area contributed by atoms with E-state index in [1.807, 2.05) is 73.0 Å². The Morgan fingerprint density at radius 2 is 1.26 bits per heavy atom. The molecular formula is C18H16N+. The summed E-state index contributed by atoms with van der Waals surface area (Å²) in [5.74, 6) is 0. The van der Waals surface area contributed by atoms with Gasteiger partial charge in [0.05, 0.1) is 5.56 Å². The van der Waals surface area contributed by atoms with Gasteiger partial charge in [0.25, 0.3) is 12.4 Å². The molecule has 0 atom stereocenters. The standard InChI is InChI=1S/C18H16N/c1-4-10-17(11-5-1)12-8-3-9-15-19-16-18-13-6-2-7-14-18/h1-16H/q+1/b9-3+,12-8+. The lowest BCUT2D eigenvalue weighted by Gasteiger charge is -1.87. The Morgan fingerprint density at radius 1 is 0.632 bits per heavy atom. The third-order valence-corrected chi connectivity index (χ3v) is 2.51. The molecule has 1 heteroatoms. The summed E-state index contributed by atoms with van der Waals surface area (Å²) in [7, 11) is 0. The highest BCUT2D eigenvalue weighted by atomic mass is 14.5. The van der Waals surface area contributed by atoms with E-state index in [9.17, 15) is 0 Å². The van der Waals surface area contributed by atoms with Crippen LogP contribution in [0.4, 0.5) is 0 Å². The summed E-state index contributed by atoms with van der Waals surface area (Å²) in [6, 6.07) is 20.3. The quantitative estimate of drug-likeness (QED) is 0.445. The zero-order valence-corrected chi connectivity index (χ0v) is 10.7. The number of hydrogen-bond acceptors (Lipinski definition) is 0. The minimum atomic E-state index is 1.10. The Bertz CT molecular complexity index is 601. The summed E-state index contributed by atoms with van der Waals surface area (Å²) in [6.07, 6.45) is 11.6. The third kappa shape index (κ3) is 5.03. The maximum atomic E-state index is 4.22. The van der Waals surface area contributed by atoms with Crippen LogP contribution in [0, 0.1) is 0 Å². The van der Waals surface area contributed by atoms with Gasteiger partial charge in [-0.05, 0) is 17.7 Å². The zero-order valence-electron chi connectivity index (χ0n) is 10.7. The lowest BCUT2D eigenvalue weighted by Crippen LogP contribution is -1.83. The molecule has 2 rings (SSSR count). The fourth-order valence-corrected chi connectivity index (χ4v) is 1.56. The van der Waals surface area contributed by atoms with Crippen molar-refractivity contribution >= 4 is 18.5 Å². The van der Waals surface area contributed by atoms with Gasteiger partial charge < -0.3 is 0 Å². The Hall–Kier alpha value is -2.63. The average molecular weight is 246 g/mol. The van der Waals surface area contributed by atoms with Gasteiger partial charge >= 0.3 is 0 Å². The van der Waals surface area contributed by atoms with Gasteiger partial charge in [-0.3, -0.25) is 0 Å². The van der Waals surface area contributed by atoms with Gasteiger partial charge in [-0.25, -0.2) is 0 Å². The predicted molar refractivity (Wildman–Crippen MR) is 84.4 cm³/mol. The molecule has 92 valence electrons. The maximum absolute atomic E-state index is 4.22. The van der Waals surface area contributed by atoms with Gasteiger partial charge in [0, 0.05) is 6.08 Å². The van der Waals surface area contributed by atoms with Crippen molar-refractivity contribution in [2.24, 2.45) is 0 Å². The highest BCUT2D eigenvalue weighted by molar-refractivity contribution is 5.83. The molecule has 0 heterocycles. The number of nitrogens with zero attached hydrogens (tertiary/aromatic N) is 1. The van der Waals surface area contributed by atoms with Gasteiger partial charge in [0.15, 0.2) is 0 Å². The molecule has 0 radical (unpaired) electrons. The molecule has 2 aromatic rings. The van der Waals surface area contributed by atoms with Crippen LogP contribution in [0.15, 0.2) is 78.9 Å². The second kappa shape index (κ2) is 7.65. The summed E-state index contributed by atoms with van der Waals surface area (Å²) in [6.45, 7) is 0. The van der Waals surface area contributed by atoms with E-state index in [-0.39, 0.29) is 0 Å². The SMILES string of the molecule is C(/C=C/C=C/c1ccccc1)=[N+]=Cc1ccccc1. The molecule has 0 spiro atoms. The van der Waals surface area contributed by atoms with Crippen LogP contribution in [-0.2, 0) is 0 Å². The minimum absolute atomic E-state index is 1.10. The largest absolute Gasteiger partial charge is 0.299 e. The topological polar surface area (TPSA) is 14.1 Å². The first-order valence-corrected chi connectivity index (χ1v) is 6.25. The molecule has 0 bridgehead atoms. The Labute approximate surface area is 114 Å². The Morgan fingerprint density at radius 3 is 1.95 bits per heavy atom. The van der Waals surface area contributed by atoms with E-state index in [4.69, 9.17) is 0 Å². The second-order valence-corrected chi connectivity index (χ2v) is 3.99. The van der Waals surface area contributed by atoms with E-state index >= 15 is 0 Å². The number of benzene rings is 2. The fraction of sp³-hybridized carbons (Fsp3) is 0. The summed E-state index contributed by atoms with van der Waals surface area (Å²) in [5.41, 5.74) is 2.30. The molecule has 0 aliphatic rings. The van der Waals surface area contributed by atoms with E-state index in [0.717, 1.165) is 5.56 Å². The molecule has 0 aromatic heterocycles. The molecule has 0 amide bonds. The van der Waals surface area contributed by atoms with Crippen molar-refractivity contribution in [3.63, 3.8) is 0 Å². The van der Waals surface area contributed by atoms with E-state index < -0.39 is 0 Å². The minimum Gasteiger partial charge on any atom is -0.100 e. The van der Waals surface area contributed by atoms with E-state index in [1.165, 1.54) is 5.56 Å². The Kier molecular flexibility index (Phi) is 5.16. The molecular weight excluding hydrogens is 230 g/mol. The van der Waals surface area contributed by atoms with Gasteiger partial charge in [-0.2, -0.15) is 0 Å². The van der Waals surface area contributed by atoms with Crippen molar-refractivity contribution in [3.05, 3.63) is 90.0 Å². The molecule has 0 saturated carbocycles. The van der Waals surface area contributed by atoms with Crippen LogP contribution in [0.3, 0.4) is 0 Å². The second-order valence-electron chi connectivity index (χ2n) is 3.99. The first-order chi connectivity index (χ1) is 9.45. The molecule has 0 fully saturated rings. The van der Waals surface area contributed by atoms with Crippen LogP contribution in [0.25, 0.3) is 6.08 Å². The van der Waals surface area contributed by atoms with Crippen molar-refractivity contribution in [1.29, 1.82) is 0 Å². The van der Waals surface area contributed by atoms with Crippen molar-refractivity contribution in [3.8, 4) is 0 Å². The molecule has 0 aliphatic heterocycles. The molecule has 2 aromatic carbocycles. The van der Waals surface area contributed by atoms with E-state index in [1.54, 1.807) is 6.21 Å². The summed E-state index contributed by atoms with van der Waals surface area (Å²) in [5, 5.41) is 0. The van der Waals surface area contributed by atoms with E-state index in [2.05, 4.69) is 22.9 Å². The lowest BCUT2D eigenvalue weighted by atomic mass is 10.2. The van der Waals surface area contributed by atoms with Crippen LogP contribution in [0.2, 0.25) is 0 Å². The van der Waals surface area contributed by atoms with Gasteiger partial charge in [-0.15, -0.1) is 4.67 Å². The van der Waals surface area contributed by atoms with Crippen LogP contribution in [-0.4, -0.2) is 12.4 Å². The van der Waals surface area contributed by atoms with Crippen molar-refractivity contribution in [1.82, 2.24) is 4.67 Å². The molecule has 19 heavy (non-hydrogen) atoms. The number of rotatable bonds is 4. The Balaban J connectivity index is 1.87. The van der Waals surface area contributed by atoms with Gasteiger partial charge in [0.2, 0.25) is 0 Å². The van der Waals surface area contributed by atoms with Gasteiger partial charge in [-0.1, -0.05) is 66.8 Å². The van der Waals surface area contributed by atoms with Crippen LogP contribution >= 0.6 is 0 Å². The number of allylic oxidation sites excluding steroid dienone is 3. The third-order valence-electron chi connectivity index (χ3n) is 2.51. The normalized spacial score (nSPS) is 10.5. The molecule has 1 nitrogen and oxygen atoms in total. The van der Waals surface area contributed by atoms with Crippen LogP contribution in [0.1, 0.15) is 11.1 Å². The molecule has 0 aliphatic carbocycles. The fourth-order valence-electron chi connectivity index (χ4n) is 1.56. The molecule has 0 N–H and O–H groups in total. The van der Waals surface area contributed by atoms with Gasteiger partial charge in [0.1, 0.15) is 0 Å². The van der Waals surface area contributed by atoms with E-state index in [0.29, 0.717) is 0 Å². The van der Waals surface area contributed by atoms with Crippen molar-refractivity contribution in [2.45, 2.75) is 0 Å².